The monoisotopic (exact) mass is 322 g/mol. The summed E-state index contributed by atoms with van der Waals surface area (Å²) in [6.07, 6.45) is -5.27. The third kappa shape index (κ3) is 2.94. The third-order valence-electron chi connectivity index (χ3n) is 3.57. The Hall–Kier alpha value is -2.70. The van der Waals surface area contributed by atoms with E-state index in [2.05, 4.69) is 10.6 Å². The van der Waals surface area contributed by atoms with Crippen LogP contribution in [0, 0.1) is 0 Å². The molecule has 0 fully saturated rings. The van der Waals surface area contributed by atoms with Crippen molar-refractivity contribution in [3.05, 3.63) is 59.2 Å². The van der Waals surface area contributed by atoms with E-state index in [-0.39, 0.29) is 17.2 Å². The number of anilines is 1. The van der Waals surface area contributed by atoms with Gasteiger partial charge in [-0.05, 0) is 35.9 Å². The zero-order chi connectivity index (χ0) is 16.6. The Kier molecular flexibility index (Phi) is 3.63. The highest BCUT2D eigenvalue weighted by molar-refractivity contribution is 6.01. The molecule has 120 valence electrons. The molecular formula is C16H13F3N2O2. The molecule has 0 bridgehead atoms. The van der Waals surface area contributed by atoms with E-state index in [9.17, 15) is 18.0 Å². The first-order valence-corrected chi connectivity index (χ1v) is 6.81. The number of nitrogens with one attached hydrogen (secondary N) is 2. The molecule has 2 aromatic rings. The lowest BCUT2D eigenvalue weighted by atomic mass is 10.0. The van der Waals surface area contributed by atoms with Crippen LogP contribution in [0.4, 0.5) is 18.9 Å². The quantitative estimate of drug-likeness (QED) is 0.889. The van der Waals surface area contributed by atoms with Crippen LogP contribution in [0.2, 0.25) is 0 Å². The van der Waals surface area contributed by atoms with Gasteiger partial charge in [0.1, 0.15) is 11.9 Å². The number of ether oxygens (including phenoxy) is 1. The van der Waals surface area contributed by atoms with Gasteiger partial charge in [-0.3, -0.25) is 4.79 Å². The normalized spacial score (nSPS) is 17.0. The van der Waals surface area contributed by atoms with Gasteiger partial charge in [-0.15, -0.1) is 0 Å². The van der Waals surface area contributed by atoms with E-state index in [1.165, 1.54) is 13.2 Å². The van der Waals surface area contributed by atoms with Gasteiger partial charge in [0, 0.05) is 5.69 Å². The average Bonchev–Trinajstić information content (AvgIpc) is 2.53. The Balaban J connectivity index is 2.01. The van der Waals surface area contributed by atoms with E-state index in [0.717, 1.165) is 12.1 Å². The van der Waals surface area contributed by atoms with E-state index < -0.39 is 17.9 Å². The van der Waals surface area contributed by atoms with Gasteiger partial charge in [0.25, 0.3) is 5.91 Å². The van der Waals surface area contributed by atoms with Crippen LogP contribution in [0.5, 0.6) is 5.75 Å². The first-order chi connectivity index (χ1) is 10.9. The molecule has 1 heterocycles. The van der Waals surface area contributed by atoms with Crippen molar-refractivity contribution in [2.75, 3.05) is 12.4 Å². The smallest absolute Gasteiger partial charge is 0.416 e. The number of halogens is 3. The topological polar surface area (TPSA) is 50.4 Å². The SMILES string of the molecule is COc1cc(C2NC(=O)c3ccccc3N2)cc(C(F)(F)F)c1. The van der Waals surface area contributed by atoms with Crippen molar-refractivity contribution in [2.24, 2.45) is 0 Å². The molecular weight excluding hydrogens is 309 g/mol. The third-order valence-corrected chi connectivity index (χ3v) is 3.57. The van der Waals surface area contributed by atoms with Gasteiger partial charge in [0.2, 0.25) is 0 Å². The molecule has 3 rings (SSSR count). The zero-order valence-corrected chi connectivity index (χ0v) is 12.1. The lowest BCUT2D eigenvalue weighted by Crippen LogP contribution is -2.38. The van der Waals surface area contributed by atoms with Gasteiger partial charge in [-0.1, -0.05) is 12.1 Å². The van der Waals surface area contributed by atoms with Crippen molar-refractivity contribution in [1.82, 2.24) is 5.32 Å². The minimum Gasteiger partial charge on any atom is -0.497 e. The summed E-state index contributed by atoms with van der Waals surface area (Å²) in [5.74, 6) is -0.273. The zero-order valence-electron chi connectivity index (χ0n) is 12.1. The Bertz CT molecular complexity index is 759. The van der Waals surface area contributed by atoms with Crippen LogP contribution in [-0.2, 0) is 6.18 Å². The van der Waals surface area contributed by atoms with Gasteiger partial charge >= 0.3 is 6.18 Å². The van der Waals surface area contributed by atoms with Crippen LogP contribution in [0.3, 0.4) is 0 Å². The maximum atomic E-state index is 13.0. The molecule has 0 aliphatic carbocycles. The van der Waals surface area contributed by atoms with E-state index in [0.29, 0.717) is 11.3 Å². The number of fused-ring (bicyclic) bond motifs is 1. The molecule has 1 aliphatic rings. The molecule has 1 amide bonds. The Morgan fingerprint density at radius 1 is 1.09 bits per heavy atom. The molecule has 0 saturated heterocycles. The summed E-state index contributed by atoms with van der Waals surface area (Å²) >= 11 is 0. The molecule has 1 atom stereocenters. The summed E-state index contributed by atoms with van der Waals surface area (Å²) in [5, 5.41) is 5.66. The minimum atomic E-state index is -4.50. The van der Waals surface area contributed by atoms with E-state index in [4.69, 9.17) is 4.74 Å². The second kappa shape index (κ2) is 5.49. The highest BCUT2D eigenvalue weighted by Gasteiger charge is 2.33. The Morgan fingerprint density at radius 2 is 1.83 bits per heavy atom. The van der Waals surface area contributed by atoms with E-state index >= 15 is 0 Å². The number of carbonyl (C=O) groups excluding carboxylic acids is 1. The second-order valence-electron chi connectivity index (χ2n) is 5.09. The maximum Gasteiger partial charge on any atom is 0.416 e. The van der Waals surface area contributed by atoms with Crippen LogP contribution in [-0.4, -0.2) is 13.0 Å². The van der Waals surface area contributed by atoms with Crippen LogP contribution >= 0.6 is 0 Å². The minimum absolute atomic E-state index is 0.0738. The average molecular weight is 322 g/mol. The molecule has 1 unspecified atom stereocenters. The molecule has 23 heavy (non-hydrogen) atoms. The number of carbonyl (C=O) groups is 1. The number of benzene rings is 2. The summed E-state index contributed by atoms with van der Waals surface area (Å²) in [6.45, 7) is 0. The molecule has 2 N–H and O–H groups in total. The van der Waals surface area contributed by atoms with Crippen LogP contribution < -0.4 is 15.4 Å². The molecule has 2 aromatic carbocycles. The number of hydrogen-bond donors (Lipinski definition) is 2. The molecule has 4 nitrogen and oxygen atoms in total. The van der Waals surface area contributed by atoms with Crippen LogP contribution in [0.1, 0.15) is 27.7 Å². The Morgan fingerprint density at radius 3 is 2.52 bits per heavy atom. The fraction of sp³-hybridized carbons (Fsp3) is 0.188. The number of alkyl halides is 3. The van der Waals surface area contributed by atoms with Crippen molar-refractivity contribution < 1.29 is 22.7 Å². The summed E-state index contributed by atoms with van der Waals surface area (Å²) in [5.41, 5.74) is 0.446. The van der Waals surface area contributed by atoms with Crippen molar-refractivity contribution in [3.8, 4) is 5.75 Å². The first kappa shape index (κ1) is 15.2. The lowest BCUT2D eigenvalue weighted by molar-refractivity contribution is -0.137. The van der Waals surface area contributed by atoms with Crippen molar-refractivity contribution in [2.45, 2.75) is 12.3 Å². The molecule has 7 heteroatoms. The number of methoxy groups -OCH3 is 1. The summed E-state index contributed by atoms with van der Waals surface area (Å²) in [7, 11) is 1.29. The summed E-state index contributed by atoms with van der Waals surface area (Å²) < 4.78 is 43.9. The summed E-state index contributed by atoms with van der Waals surface area (Å²) in [4.78, 5) is 12.1. The molecule has 0 saturated carbocycles. The van der Waals surface area contributed by atoms with Crippen molar-refractivity contribution >= 4 is 11.6 Å². The lowest BCUT2D eigenvalue weighted by Gasteiger charge is -2.28. The molecule has 0 spiro atoms. The highest BCUT2D eigenvalue weighted by atomic mass is 19.4. The maximum absolute atomic E-state index is 13.0. The second-order valence-corrected chi connectivity index (χ2v) is 5.09. The first-order valence-electron chi connectivity index (χ1n) is 6.81. The van der Waals surface area contributed by atoms with Gasteiger partial charge in [0.05, 0.1) is 18.2 Å². The molecule has 0 radical (unpaired) electrons. The van der Waals surface area contributed by atoms with Crippen LogP contribution in [0.25, 0.3) is 0 Å². The number of amides is 1. The predicted octanol–water partition coefficient (Wildman–Crippen LogP) is 3.57. The standard InChI is InChI=1S/C16H13F3N2O2/c1-23-11-7-9(6-10(8-11)16(17,18)19)14-20-13-5-3-2-4-12(13)15(22)21-14/h2-8,14,20H,1H3,(H,21,22). The number of hydrogen-bond acceptors (Lipinski definition) is 3. The van der Waals surface area contributed by atoms with Crippen molar-refractivity contribution in [3.63, 3.8) is 0 Å². The largest absolute Gasteiger partial charge is 0.497 e. The van der Waals surface area contributed by atoms with Gasteiger partial charge in [-0.25, -0.2) is 0 Å². The molecule has 0 aromatic heterocycles. The molecule has 1 aliphatic heterocycles. The van der Waals surface area contributed by atoms with E-state index in [1.54, 1.807) is 24.3 Å². The van der Waals surface area contributed by atoms with Crippen LogP contribution in [0.15, 0.2) is 42.5 Å². The Labute approximate surface area is 130 Å². The highest BCUT2D eigenvalue weighted by Crippen LogP contribution is 2.35. The van der Waals surface area contributed by atoms with Gasteiger partial charge in [0.15, 0.2) is 0 Å². The fourth-order valence-corrected chi connectivity index (χ4v) is 2.44. The summed E-state index contributed by atoms with van der Waals surface area (Å²) in [6, 6.07) is 10.2. The van der Waals surface area contributed by atoms with E-state index in [1.807, 2.05) is 0 Å². The fourth-order valence-electron chi connectivity index (χ4n) is 2.44. The van der Waals surface area contributed by atoms with Crippen molar-refractivity contribution in [1.29, 1.82) is 0 Å². The van der Waals surface area contributed by atoms with Gasteiger partial charge < -0.3 is 15.4 Å². The van der Waals surface area contributed by atoms with Gasteiger partial charge in [-0.2, -0.15) is 13.2 Å². The predicted molar refractivity (Wildman–Crippen MR) is 78.3 cm³/mol. The number of para-hydroxylation sites is 1. The number of rotatable bonds is 2.